The summed E-state index contributed by atoms with van der Waals surface area (Å²) < 4.78 is 27.8. The van der Waals surface area contributed by atoms with E-state index in [1.165, 1.54) is 12.1 Å². The average molecular weight is 335 g/mol. The van der Waals surface area contributed by atoms with Gasteiger partial charge in [-0.3, -0.25) is 4.79 Å². The van der Waals surface area contributed by atoms with E-state index in [9.17, 15) is 13.2 Å². The van der Waals surface area contributed by atoms with Crippen molar-refractivity contribution in [2.75, 3.05) is 13.7 Å². The van der Waals surface area contributed by atoms with Crippen LogP contribution in [0.4, 0.5) is 0 Å². The Hall–Kier alpha value is -1.15. The number of amides is 1. The van der Waals surface area contributed by atoms with Crippen molar-refractivity contribution in [1.29, 1.82) is 0 Å². The number of rotatable bonds is 6. The van der Waals surface area contributed by atoms with Crippen LogP contribution in [0.3, 0.4) is 0 Å². The van der Waals surface area contributed by atoms with Crippen LogP contribution in [-0.4, -0.2) is 34.1 Å². The second-order valence-electron chi connectivity index (χ2n) is 4.66. The van der Waals surface area contributed by atoms with Crippen molar-refractivity contribution < 1.29 is 17.9 Å². The maximum Gasteiger partial charge on any atom is 0.251 e. The minimum atomic E-state index is -3.93. The lowest BCUT2D eigenvalue weighted by Gasteiger charge is -2.17. The molecule has 0 saturated carbocycles. The third kappa shape index (κ3) is 4.67. The Balaban J connectivity index is 3.17. The predicted octanol–water partition coefficient (Wildman–Crippen LogP) is 1.45. The minimum Gasteiger partial charge on any atom is -0.383 e. The van der Waals surface area contributed by atoms with Gasteiger partial charge in [0.25, 0.3) is 5.91 Å². The van der Waals surface area contributed by atoms with Crippen molar-refractivity contribution in [2.24, 2.45) is 5.14 Å². The van der Waals surface area contributed by atoms with Crippen LogP contribution in [0.5, 0.6) is 0 Å². The van der Waals surface area contributed by atoms with Gasteiger partial charge in [0, 0.05) is 17.7 Å². The number of sulfonamides is 1. The molecule has 1 aromatic rings. The fourth-order valence-electron chi connectivity index (χ4n) is 1.78. The summed E-state index contributed by atoms with van der Waals surface area (Å²) in [5, 5.41) is 8.03. The van der Waals surface area contributed by atoms with Gasteiger partial charge < -0.3 is 10.1 Å². The maximum absolute atomic E-state index is 12.3. The highest BCUT2D eigenvalue weighted by Crippen LogP contribution is 2.24. The van der Waals surface area contributed by atoms with E-state index < -0.39 is 15.9 Å². The summed E-state index contributed by atoms with van der Waals surface area (Å²) in [7, 11) is -2.39. The number of hydrogen-bond acceptors (Lipinski definition) is 4. The first-order chi connectivity index (χ1) is 9.70. The first-order valence-corrected chi connectivity index (χ1v) is 8.25. The standard InChI is InChI=1S/C13H19ClN2O4S/c1-4-9(7-20-3)16-13(17)11-5-10(21(15,18)19)6-12(14)8(11)2/h5-6,9H,4,7H2,1-3H3,(H,16,17)(H2,15,18,19). The molecule has 0 heterocycles. The molecule has 0 aliphatic rings. The highest BCUT2D eigenvalue weighted by molar-refractivity contribution is 7.89. The fourth-order valence-corrected chi connectivity index (χ4v) is 2.63. The Morgan fingerprint density at radius 1 is 1.48 bits per heavy atom. The molecule has 0 aliphatic carbocycles. The van der Waals surface area contributed by atoms with E-state index in [0.717, 1.165) is 0 Å². The number of carbonyl (C=O) groups excluding carboxylic acids is 1. The van der Waals surface area contributed by atoms with Gasteiger partial charge in [0.15, 0.2) is 0 Å². The van der Waals surface area contributed by atoms with Gasteiger partial charge >= 0.3 is 0 Å². The monoisotopic (exact) mass is 334 g/mol. The summed E-state index contributed by atoms with van der Waals surface area (Å²) in [5.74, 6) is -0.413. The van der Waals surface area contributed by atoms with Gasteiger partial charge in [-0.2, -0.15) is 0 Å². The fraction of sp³-hybridized carbons (Fsp3) is 0.462. The number of primary sulfonamides is 1. The number of ether oxygens (including phenoxy) is 1. The van der Waals surface area contributed by atoms with E-state index in [4.69, 9.17) is 21.5 Å². The molecule has 0 saturated heterocycles. The number of benzene rings is 1. The third-order valence-electron chi connectivity index (χ3n) is 3.09. The highest BCUT2D eigenvalue weighted by atomic mass is 35.5. The van der Waals surface area contributed by atoms with Crippen LogP contribution in [0.15, 0.2) is 17.0 Å². The quantitative estimate of drug-likeness (QED) is 0.822. The lowest BCUT2D eigenvalue weighted by atomic mass is 10.1. The normalized spacial score (nSPS) is 13.0. The molecule has 1 aromatic carbocycles. The molecular formula is C13H19ClN2O4S. The molecule has 0 fully saturated rings. The van der Waals surface area contributed by atoms with Crippen molar-refractivity contribution in [3.05, 3.63) is 28.3 Å². The van der Waals surface area contributed by atoms with Crippen molar-refractivity contribution in [2.45, 2.75) is 31.2 Å². The Kier molecular flexibility index (Phi) is 6.15. The van der Waals surface area contributed by atoms with Crippen LogP contribution in [0, 0.1) is 6.92 Å². The molecule has 3 N–H and O–H groups in total. The molecule has 21 heavy (non-hydrogen) atoms. The Labute approximate surface area is 129 Å². The molecule has 118 valence electrons. The summed E-state index contributed by atoms with van der Waals surface area (Å²) in [6.45, 7) is 3.91. The van der Waals surface area contributed by atoms with Crippen LogP contribution < -0.4 is 10.5 Å². The van der Waals surface area contributed by atoms with Crippen LogP contribution in [0.25, 0.3) is 0 Å². The molecule has 1 atom stereocenters. The van der Waals surface area contributed by atoms with Gasteiger partial charge in [0.2, 0.25) is 10.0 Å². The van der Waals surface area contributed by atoms with Crippen molar-refractivity contribution in [3.8, 4) is 0 Å². The van der Waals surface area contributed by atoms with Crippen LogP contribution >= 0.6 is 11.6 Å². The van der Waals surface area contributed by atoms with Crippen LogP contribution in [0.1, 0.15) is 29.3 Å². The molecule has 0 aromatic heterocycles. The SMILES string of the molecule is CCC(COC)NC(=O)c1cc(S(N)(=O)=O)cc(Cl)c1C. The van der Waals surface area contributed by atoms with E-state index in [1.54, 1.807) is 14.0 Å². The number of methoxy groups -OCH3 is 1. The molecule has 0 radical (unpaired) electrons. The van der Waals surface area contributed by atoms with E-state index >= 15 is 0 Å². The van der Waals surface area contributed by atoms with Crippen LogP contribution in [0.2, 0.25) is 5.02 Å². The topological polar surface area (TPSA) is 98.5 Å². The van der Waals surface area contributed by atoms with Crippen molar-refractivity contribution >= 4 is 27.5 Å². The zero-order chi connectivity index (χ0) is 16.2. The molecule has 1 unspecified atom stereocenters. The lowest BCUT2D eigenvalue weighted by molar-refractivity contribution is 0.0894. The van der Waals surface area contributed by atoms with E-state index in [1.807, 2.05) is 6.92 Å². The van der Waals surface area contributed by atoms with Crippen LogP contribution in [-0.2, 0) is 14.8 Å². The highest BCUT2D eigenvalue weighted by Gasteiger charge is 2.19. The first kappa shape index (κ1) is 17.9. The zero-order valence-electron chi connectivity index (χ0n) is 12.1. The Bertz CT molecular complexity index is 631. The van der Waals surface area contributed by atoms with Gasteiger partial charge in [0.1, 0.15) is 0 Å². The smallest absolute Gasteiger partial charge is 0.251 e. The van der Waals surface area contributed by atoms with Gasteiger partial charge in [-0.25, -0.2) is 13.6 Å². The number of carbonyl (C=O) groups is 1. The average Bonchev–Trinajstić information content (AvgIpc) is 2.39. The summed E-state index contributed by atoms with van der Waals surface area (Å²) in [4.78, 5) is 12.1. The van der Waals surface area contributed by atoms with E-state index in [0.29, 0.717) is 18.6 Å². The summed E-state index contributed by atoms with van der Waals surface area (Å²) in [6.07, 6.45) is 0.682. The first-order valence-electron chi connectivity index (χ1n) is 6.33. The molecule has 1 rings (SSSR count). The molecular weight excluding hydrogens is 316 g/mol. The number of nitrogens with one attached hydrogen (secondary N) is 1. The Morgan fingerprint density at radius 3 is 2.57 bits per heavy atom. The number of halogens is 1. The lowest BCUT2D eigenvalue weighted by Crippen LogP contribution is -2.38. The molecule has 8 heteroatoms. The minimum absolute atomic E-state index is 0.168. The maximum atomic E-state index is 12.3. The predicted molar refractivity (Wildman–Crippen MR) is 81.0 cm³/mol. The van der Waals surface area contributed by atoms with E-state index in [-0.39, 0.29) is 21.5 Å². The third-order valence-corrected chi connectivity index (χ3v) is 4.37. The van der Waals surface area contributed by atoms with E-state index in [2.05, 4.69) is 5.32 Å². The molecule has 0 spiro atoms. The molecule has 1 amide bonds. The summed E-state index contributed by atoms with van der Waals surface area (Å²) in [6, 6.07) is 2.29. The largest absolute Gasteiger partial charge is 0.383 e. The summed E-state index contributed by atoms with van der Waals surface area (Å²) in [5.41, 5.74) is 0.676. The molecule has 0 bridgehead atoms. The van der Waals surface area contributed by atoms with Gasteiger partial charge in [-0.05, 0) is 31.0 Å². The van der Waals surface area contributed by atoms with Gasteiger partial charge in [-0.15, -0.1) is 0 Å². The summed E-state index contributed by atoms with van der Waals surface area (Å²) >= 11 is 5.98. The second-order valence-corrected chi connectivity index (χ2v) is 6.63. The zero-order valence-corrected chi connectivity index (χ0v) is 13.7. The van der Waals surface area contributed by atoms with Gasteiger partial charge in [0.05, 0.1) is 17.5 Å². The Morgan fingerprint density at radius 2 is 2.10 bits per heavy atom. The van der Waals surface area contributed by atoms with Gasteiger partial charge in [-0.1, -0.05) is 18.5 Å². The number of hydrogen-bond donors (Lipinski definition) is 2. The second kappa shape index (κ2) is 7.22. The van der Waals surface area contributed by atoms with Crippen molar-refractivity contribution in [3.63, 3.8) is 0 Å². The molecule has 0 aliphatic heterocycles. The van der Waals surface area contributed by atoms with Crippen molar-refractivity contribution in [1.82, 2.24) is 5.32 Å². The molecule has 6 nitrogen and oxygen atoms in total. The number of nitrogens with two attached hydrogens (primary N) is 1.